The first kappa shape index (κ1) is 25.3. The zero-order valence-corrected chi connectivity index (χ0v) is 22.3. The van der Waals surface area contributed by atoms with Crippen molar-refractivity contribution in [3.8, 4) is 22.4 Å². The highest BCUT2D eigenvalue weighted by molar-refractivity contribution is 6.02. The summed E-state index contributed by atoms with van der Waals surface area (Å²) in [6.45, 7) is 1.55. The van der Waals surface area contributed by atoms with Gasteiger partial charge in [0.2, 0.25) is 0 Å². The molecule has 2 aromatic heterocycles. The average molecular weight is 517 g/mol. The summed E-state index contributed by atoms with van der Waals surface area (Å²) in [5.41, 5.74) is 7.11. The predicted octanol–water partition coefficient (Wildman–Crippen LogP) is 6.84. The lowest BCUT2D eigenvalue weighted by molar-refractivity contribution is 0.105. The molecule has 5 heteroatoms. The number of aliphatic hydroxyl groups excluding tert-OH is 1. The van der Waals surface area contributed by atoms with E-state index in [0.29, 0.717) is 11.4 Å². The minimum atomic E-state index is -0.140. The number of rotatable bonds is 8. The van der Waals surface area contributed by atoms with Gasteiger partial charge in [-0.15, -0.1) is 0 Å². The third-order valence-corrected chi connectivity index (χ3v) is 8.25. The molecule has 2 heterocycles. The van der Waals surface area contributed by atoms with Gasteiger partial charge in [-0.1, -0.05) is 91.0 Å². The minimum absolute atomic E-state index is 0.140. The third-order valence-electron chi connectivity index (χ3n) is 8.25. The summed E-state index contributed by atoms with van der Waals surface area (Å²) in [6, 6.07) is 31.6. The van der Waals surface area contributed by atoms with Crippen LogP contribution >= 0.6 is 0 Å². The van der Waals surface area contributed by atoms with Crippen LogP contribution in [0.2, 0.25) is 0 Å². The molecule has 1 aliphatic rings. The molecule has 39 heavy (non-hydrogen) atoms. The maximum absolute atomic E-state index is 9.90. The van der Waals surface area contributed by atoms with Crippen molar-refractivity contribution in [1.29, 1.82) is 5.41 Å². The Balaban J connectivity index is 1.49. The lowest BCUT2D eigenvalue weighted by atomic mass is 9.85. The van der Waals surface area contributed by atoms with Gasteiger partial charge in [0.15, 0.2) is 0 Å². The molecular weight excluding hydrogens is 480 g/mol. The Labute approximate surface area is 229 Å². The van der Waals surface area contributed by atoms with Crippen LogP contribution in [-0.4, -0.2) is 25.3 Å². The maximum Gasteiger partial charge on any atom is 0.146 e. The number of aliphatic hydroxyl groups is 1. The zero-order valence-electron chi connectivity index (χ0n) is 22.3. The van der Waals surface area contributed by atoms with Gasteiger partial charge in [0.1, 0.15) is 11.1 Å². The van der Waals surface area contributed by atoms with E-state index >= 15 is 0 Å². The zero-order chi connectivity index (χ0) is 26.6. The van der Waals surface area contributed by atoms with E-state index < -0.39 is 0 Å². The van der Waals surface area contributed by atoms with E-state index in [1.165, 1.54) is 5.56 Å². The van der Waals surface area contributed by atoms with Crippen LogP contribution in [0.25, 0.3) is 33.4 Å². The number of hydrogen-bond acceptors (Lipinski definition) is 3. The van der Waals surface area contributed by atoms with Crippen LogP contribution < -0.4 is 5.49 Å². The standard InChI is InChI=1S/C34H36N4O/c35-33-31-30(27-12-6-2-7-13-27)32(28-14-8-3-9-15-28)38(23-21-25-10-4-1-5-11-25)34(31)36-24-37(33)22-20-26-16-18-29(39)19-17-26/h1-15,24,26,29,35,39H,16-23H2. The average Bonchev–Trinajstić information content (AvgIpc) is 3.33. The molecule has 0 spiro atoms. The SMILES string of the molecule is N=c1c2c(-c3ccccc3)c(-c3ccccc3)n(CCc3ccccc3)c2ncn1CCC1CCC(O)CC1. The van der Waals surface area contributed by atoms with Gasteiger partial charge in [-0.3, -0.25) is 5.41 Å². The molecule has 5 nitrogen and oxygen atoms in total. The molecule has 5 aromatic rings. The second kappa shape index (κ2) is 11.4. The van der Waals surface area contributed by atoms with E-state index in [-0.39, 0.29) is 6.10 Å². The van der Waals surface area contributed by atoms with Crippen LogP contribution in [0.3, 0.4) is 0 Å². The van der Waals surface area contributed by atoms with Gasteiger partial charge in [-0.05, 0) is 61.1 Å². The first-order valence-electron chi connectivity index (χ1n) is 14.2. The van der Waals surface area contributed by atoms with E-state index in [0.717, 1.165) is 85.0 Å². The van der Waals surface area contributed by atoms with Crippen LogP contribution in [0.15, 0.2) is 97.3 Å². The van der Waals surface area contributed by atoms with Crippen molar-refractivity contribution in [2.24, 2.45) is 5.92 Å². The fourth-order valence-electron chi connectivity index (χ4n) is 6.10. The number of aromatic nitrogens is 3. The molecule has 0 bridgehead atoms. The second-order valence-corrected chi connectivity index (χ2v) is 10.8. The van der Waals surface area contributed by atoms with Crippen molar-refractivity contribution in [3.05, 3.63) is 108 Å². The lowest BCUT2D eigenvalue weighted by Crippen LogP contribution is -2.24. The Bertz CT molecular complexity index is 1580. The Hall–Kier alpha value is -3.96. The number of aryl methyl sites for hydroxylation is 3. The molecule has 3 aromatic carbocycles. The number of fused-ring (bicyclic) bond motifs is 1. The van der Waals surface area contributed by atoms with Gasteiger partial charge in [-0.2, -0.15) is 0 Å². The van der Waals surface area contributed by atoms with Crippen LogP contribution in [0.1, 0.15) is 37.7 Å². The van der Waals surface area contributed by atoms with Gasteiger partial charge in [0.05, 0.1) is 23.5 Å². The van der Waals surface area contributed by atoms with E-state index in [1.807, 2.05) is 17.0 Å². The fraction of sp³-hybridized carbons (Fsp3) is 0.294. The highest BCUT2D eigenvalue weighted by Gasteiger charge is 2.24. The molecular formula is C34H36N4O. The van der Waals surface area contributed by atoms with Gasteiger partial charge < -0.3 is 14.2 Å². The molecule has 0 amide bonds. The summed E-state index contributed by atoms with van der Waals surface area (Å²) in [5.74, 6) is 0.597. The largest absolute Gasteiger partial charge is 0.393 e. The summed E-state index contributed by atoms with van der Waals surface area (Å²) in [5, 5.41) is 20.2. The monoisotopic (exact) mass is 516 g/mol. The van der Waals surface area contributed by atoms with Crippen LogP contribution in [-0.2, 0) is 19.5 Å². The normalized spacial score (nSPS) is 17.5. The van der Waals surface area contributed by atoms with Crippen LogP contribution in [0.4, 0.5) is 0 Å². The highest BCUT2D eigenvalue weighted by atomic mass is 16.3. The summed E-state index contributed by atoms with van der Waals surface area (Å²) >= 11 is 0. The Kier molecular flexibility index (Phi) is 7.42. The molecule has 0 aliphatic heterocycles. The Morgan fingerprint density at radius 1 is 0.769 bits per heavy atom. The highest BCUT2D eigenvalue weighted by Crippen LogP contribution is 2.39. The first-order chi connectivity index (χ1) is 19.2. The molecule has 0 saturated heterocycles. The minimum Gasteiger partial charge on any atom is -0.393 e. The summed E-state index contributed by atoms with van der Waals surface area (Å²) in [6.07, 6.45) is 7.53. The third kappa shape index (κ3) is 5.32. The van der Waals surface area contributed by atoms with Gasteiger partial charge in [-0.25, -0.2) is 4.98 Å². The topological polar surface area (TPSA) is 66.8 Å². The number of nitrogens with one attached hydrogen (secondary N) is 1. The fourth-order valence-corrected chi connectivity index (χ4v) is 6.10. The molecule has 1 aliphatic carbocycles. The van der Waals surface area contributed by atoms with Crippen molar-refractivity contribution in [3.63, 3.8) is 0 Å². The Morgan fingerprint density at radius 2 is 1.38 bits per heavy atom. The summed E-state index contributed by atoms with van der Waals surface area (Å²) in [7, 11) is 0. The number of nitrogens with zero attached hydrogens (tertiary/aromatic N) is 3. The van der Waals surface area contributed by atoms with Crippen molar-refractivity contribution < 1.29 is 5.11 Å². The molecule has 0 radical (unpaired) electrons. The van der Waals surface area contributed by atoms with Crippen LogP contribution in [0, 0.1) is 11.3 Å². The van der Waals surface area contributed by atoms with Gasteiger partial charge >= 0.3 is 0 Å². The number of benzene rings is 3. The van der Waals surface area contributed by atoms with E-state index in [1.54, 1.807) is 0 Å². The molecule has 6 rings (SSSR count). The van der Waals surface area contributed by atoms with Gasteiger partial charge in [0.25, 0.3) is 0 Å². The van der Waals surface area contributed by atoms with Crippen LogP contribution in [0.5, 0.6) is 0 Å². The van der Waals surface area contributed by atoms with E-state index in [9.17, 15) is 10.5 Å². The second-order valence-electron chi connectivity index (χ2n) is 10.8. The van der Waals surface area contributed by atoms with Crippen molar-refractivity contribution >= 4 is 11.0 Å². The molecule has 2 N–H and O–H groups in total. The van der Waals surface area contributed by atoms with E-state index in [4.69, 9.17) is 4.98 Å². The van der Waals surface area contributed by atoms with Crippen molar-refractivity contribution in [2.45, 2.75) is 57.7 Å². The molecule has 0 atom stereocenters. The first-order valence-corrected chi connectivity index (χ1v) is 14.2. The van der Waals surface area contributed by atoms with E-state index in [2.05, 4.69) is 89.5 Å². The predicted molar refractivity (Wildman–Crippen MR) is 157 cm³/mol. The van der Waals surface area contributed by atoms with Crippen molar-refractivity contribution in [1.82, 2.24) is 14.1 Å². The lowest BCUT2D eigenvalue weighted by Gasteiger charge is -2.25. The molecule has 1 saturated carbocycles. The smallest absolute Gasteiger partial charge is 0.146 e. The number of hydrogen-bond donors (Lipinski definition) is 2. The molecule has 0 unspecified atom stereocenters. The van der Waals surface area contributed by atoms with Crippen molar-refractivity contribution in [2.75, 3.05) is 0 Å². The quantitative estimate of drug-likeness (QED) is 0.237. The summed E-state index contributed by atoms with van der Waals surface area (Å²) in [4.78, 5) is 5.03. The maximum atomic E-state index is 9.90. The molecule has 1 fully saturated rings. The van der Waals surface area contributed by atoms with Gasteiger partial charge in [0, 0.05) is 18.7 Å². The summed E-state index contributed by atoms with van der Waals surface area (Å²) < 4.78 is 4.35. The molecule has 198 valence electrons. The Morgan fingerprint density at radius 3 is 2.05 bits per heavy atom.